The molecule has 9 heteroatoms. The molecule has 0 aliphatic heterocycles. The smallest absolute Gasteiger partial charge is 0.323 e. The number of non-ortho nitro benzene ring substituents is 1. The second kappa shape index (κ2) is 6.69. The number of carboxylic acid groups (broad SMARTS) is 1. The lowest BCUT2D eigenvalue weighted by Gasteiger charge is -2.07. The second-order valence-corrected chi connectivity index (χ2v) is 4.32. The Balaban J connectivity index is 2.56. The minimum atomic E-state index is -1.15. The van der Waals surface area contributed by atoms with Gasteiger partial charge in [0, 0.05) is 23.2 Å². The molecule has 0 aromatic heterocycles. The fourth-order valence-electron chi connectivity index (χ4n) is 1.19. The zero-order valence-corrected chi connectivity index (χ0v) is 11.1. The molecule has 8 nitrogen and oxygen atoms in total. The van der Waals surface area contributed by atoms with Gasteiger partial charge in [-0.15, -0.1) is 0 Å². The predicted octanol–water partition coefficient (Wildman–Crippen LogP) is 1.24. The largest absolute Gasteiger partial charge is 0.480 e. The van der Waals surface area contributed by atoms with Gasteiger partial charge < -0.3 is 15.7 Å². The Bertz CT molecular complexity index is 520. The van der Waals surface area contributed by atoms with Crippen molar-refractivity contribution >= 4 is 33.6 Å². The molecule has 1 rings (SSSR count). The lowest BCUT2D eigenvalue weighted by molar-refractivity contribution is -0.384. The average Bonchev–Trinajstić information content (AvgIpc) is 2.34. The number of nitrogens with zero attached hydrogens (tertiary/aromatic N) is 1. The molecule has 0 aliphatic carbocycles. The van der Waals surface area contributed by atoms with E-state index in [4.69, 9.17) is 5.11 Å². The molecule has 0 aliphatic rings. The van der Waals surface area contributed by atoms with Crippen LogP contribution in [0.4, 0.5) is 10.5 Å². The summed E-state index contributed by atoms with van der Waals surface area (Å²) >= 11 is 3.16. The van der Waals surface area contributed by atoms with Gasteiger partial charge in [-0.25, -0.2) is 4.79 Å². The third kappa shape index (κ3) is 4.92. The molecule has 0 unspecified atom stereocenters. The number of nitro groups is 1. The number of benzene rings is 1. The van der Waals surface area contributed by atoms with Gasteiger partial charge in [0.05, 0.1) is 4.92 Å². The van der Waals surface area contributed by atoms with Crippen LogP contribution >= 0.6 is 15.9 Å². The van der Waals surface area contributed by atoms with E-state index in [0.29, 0.717) is 10.0 Å². The van der Waals surface area contributed by atoms with E-state index in [2.05, 4.69) is 26.6 Å². The van der Waals surface area contributed by atoms with Crippen molar-refractivity contribution in [3.63, 3.8) is 0 Å². The summed E-state index contributed by atoms with van der Waals surface area (Å²) in [4.78, 5) is 31.4. The maximum Gasteiger partial charge on any atom is 0.323 e. The van der Waals surface area contributed by atoms with Crippen LogP contribution in [0.5, 0.6) is 0 Å². The lowest BCUT2D eigenvalue weighted by atomic mass is 10.2. The van der Waals surface area contributed by atoms with Crippen LogP contribution in [0.3, 0.4) is 0 Å². The number of aliphatic carboxylic acids is 1. The Morgan fingerprint density at radius 1 is 1.37 bits per heavy atom. The number of carbonyl (C=O) groups excluding carboxylic acids is 1. The van der Waals surface area contributed by atoms with Crippen LogP contribution in [0.2, 0.25) is 0 Å². The van der Waals surface area contributed by atoms with Crippen molar-refractivity contribution in [3.8, 4) is 0 Å². The Hall–Kier alpha value is -2.16. The van der Waals surface area contributed by atoms with Gasteiger partial charge in [0.15, 0.2) is 0 Å². The molecule has 0 radical (unpaired) electrons. The quantitative estimate of drug-likeness (QED) is 0.553. The molecular formula is C10H10BrN3O5. The van der Waals surface area contributed by atoms with Crippen molar-refractivity contribution in [1.82, 2.24) is 10.6 Å². The summed E-state index contributed by atoms with van der Waals surface area (Å²) in [6.07, 6.45) is 0. The zero-order valence-electron chi connectivity index (χ0n) is 9.55. The van der Waals surface area contributed by atoms with Crippen molar-refractivity contribution < 1.29 is 19.6 Å². The highest BCUT2D eigenvalue weighted by molar-refractivity contribution is 9.10. The van der Waals surface area contributed by atoms with E-state index in [1.807, 2.05) is 0 Å². The number of carbonyl (C=O) groups is 2. The topological polar surface area (TPSA) is 122 Å². The van der Waals surface area contributed by atoms with E-state index < -0.39 is 23.5 Å². The number of rotatable bonds is 5. The second-order valence-electron chi connectivity index (χ2n) is 3.46. The Morgan fingerprint density at radius 2 is 2.05 bits per heavy atom. The molecule has 0 saturated carbocycles. The Kier molecular flexibility index (Phi) is 5.24. The normalized spacial score (nSPS) is 9.74. The van der Waals surface area contributed by atoms with E-state index in [0.717, 1.165) is 0 Å². The molecule has 1 aromatic rings. The maximum absolute atomic E-state index is 11.2. The van der Waals surface area contributed by atoms with Crippen LogP contribution in [0.1, 0.15) is 5.56 Å². The minimum absolute atomic E-state index is 0.0639. The monoisotopic (exact) mass is 331 g/mol. The van der Waals surface area contributed by atoms with Crippen LogP contribution in [0.15, 0.2) is 22.7 Å². The fourth-order valence-corrected chi connectivity index (χ4v) is 1.69. The highest BCUT2D eigenvalue weighted by Gasteiger charge is 2.10. The number of urea groups is 1. The molecule has 3 N–H and O–H groups in total. The van der Waals surface area contributed by atoms with Crippen LogP contribution in [0.25, 0.3) is 0 Å². The van der Waals surface area contributed by atoms with Crippen LogP contribution in [-0.2, 0) is 11.3 Å². The first kappa shape index (κ1) is 14.9. The summed E-state index contributed by atoms with van der Waals surface area (Å²) in [7, 11) is 0. The van der Waals surface area contributed by atoms with Gasteiger partial charge >= 0.3 is 12.0 Å². The molecule has 0 saturated heterocycles. The summed E-state index contributed by atoms with van der Waals surface area (Å²) in [5.41, 5.74) is 0.571. The van der Waals surface area contributed by atoms with Gasteiger partial charge in [-0.1, -0.05) is 15.9 Å². The number of halogens is 1. The molecule has 2 amide bonds. The number of amides is 2. The Morgan fingerprint density at radius 3 is 2.58 bits per heavy atom. The van der Waals surface area contributed by atoms with Gasteiger partial charge in [-0.05, 0) is 11.6 Å². The van der Waals surface area contributed by atoms with Crippen molar-refractivity contribution in [2.75, 3.05) is 6.54 Å². The van der Waals surface area contributed by atoms with Crippen molar-refractivity contribution in [2.45, 2.75) is 6.54 Å². The summed E-state index contributed by atoms with van der Waals surface area (Å²) in [6, 6.07) is 3.51. The van der Waals surface area contributed by atoms with Crippen molar-refractivity contribution in [3.05, 3.63) is 38.3 Å². The maximum atomic E-state index is 11.2. The molecular weight excluding hydrogens is 322 g/mol. The number of carboxylic acids is 1. The van der Waals surface area contributed by atoms with E-state index in [-0.39, 0.29) is 12.2 Å². The first-order valence-corrected chi connectivity index (χ1v) is 5.85. The van der Waals surface area contributed by atoms with Crippen molar-refractivity contribution in [2.24, 2.45) is 0 Å². The Labute approximate surface area is 116 Å². The van der Waals surface area contributed by atoms with E-state index in [1.165, 1.54) is 18.2 Å². The highest BCUT2D eigenvalue weighted by atomic mass is 79.9. The molecule has 102 valence electrons. The fraction of sp³-hybridized carbons (Fsp3) is 0.200. The molecule has 0 spiro atoms. The SMILES string of the molecule is O=C(O)CNC(=O)NCc1ccc([N+](=O)[O-])cc1Br. The first-order chi connectivity index (χ1) is 8.90. The van der Waals surface area contributed by atoms with Crippen LogP contribution in [-0.4, -0.2) is 28.6 Å². The number of hydrogen-bond acceptors (Lipinski definition) is 4. The zero-order chi connectivity index (χ0) is 14.4. The summed E-state index contributed by atoms with van der Waals surface area (Å²) in [5, 5.41) is 23.4. The number of nitrogens with one attached hydrogen (secondary N) is 2. The third-order valence-corrected chi connectivity index (χ3v) is 2.83. The van der Waals surface area contributed by atoms with Crippen LogP contribution in [0, 0.1) is 10.1 Å². The van der Waals surface area contributed by atoms with Crippen LogP contribution < -0.4 is 10.6 Å². The first-order valence-electron chi connectivity index (χ1n) is 5.06. The van der Waals surface area contributed by atoms with Gasteiger partial charge in [0.2, 0.25) is 0 Å². The summed E-state index contributed by atoms with van der Waals surface area (Å²) in [6.45, 7) is -0.364. The molecule has 0 bridgehead atoms. The van der Waals surface area contributed by atoms with E-state index >= 15 is 0 Å². The van der Waals surface area contributed by atoms with Crippen molar-refractivity contribution in [1.29, 1.82) is 0 Å². The highest BCUT2D eigenvalue weighted by Crippen LogP contribution is 2.22. The van der Waals surface area contributed by atoms with Gasteiger partial charge in [0.1, 0.15) is 6.54 Å². The molecule has 0 atom stereocenters. The standard InChI is InChI=1S/C10H10BrN3O5/c11-8-3-7(14(18)19)2-1-6(8)4-12-10(17)13-5-9(15)16/h1-3H,4-5H2,(H,15,16)(H2,12,13,17). The summed E-state index contributed by atoms with van der Waals surface area (Å²) < 4.78 is 0.486. The lowest BCUT2D eigenvalue weighted by Crippen LogP contribution is -2.38. The third-order valence-electron chi connectivity index (χ3n) is 2.09. The summed E-state index contributed by atoms with van der Waals surface area (Å²) in [5.74, 6) is -1.15. The van der Waals surface area contributed by atoms with E-state index in [9.17, 15) is 19.7 Å². The average molecular weight is 332 g/mol. The number of nitro benzene ring substituents is 1. The molecule has 1 aromatic carbocycles. The van der Waals surface area contributed by atoms with Gasteiger partial charge in [0.25, 0.3) is 5.69 Å². The number of hydrogen-bond donors (Lipinski definition) is 3. The van der Waals surface area contributed by atoms with Gasteiger partial charge in [-0.3, -0.25) is 14.9 Å². The molecule has 0 heterocycles. The predicted molar refractivity (Wildman–Crippen MR) is 68.7 cm³/mol. The minimum Gasteiger partial charge on any atom is -0.480 e. The molecule has 0 fully saturated rings. The van der Waals surface area contributed by atoms with E-state index in [1.54, 1.807) is 0 Å². The molecule has 19 heavy (non-hydrogen) atoms. The van der Waals surface area contributed by atoms with Gasteiger partial charge in [-0.2, -0.15) is 0 Å².